The summed E-state index contributed by atoms with van der Waals surface area (Å²) in [7, 11) is 0. The minimum Gasteiger partial charge on any atom is -0.418 e. The maximum absolute atomic E-state index is 13.7. The molecular weight excluding hydrogens is 590 g/mol. The summed E-state index contributed by atoms with van der Waals surface area (Å²) >= 11 is 0. The van der Waals surface area contributed by atoms with Crippen LogP contribution in [0.2, 0.25) is 0 Å². The summed E-state index contributed by atoms with van der Waals surface area (Å²) in [5, 5.41) is 16.4. The van der Waals surface area contributed by atoms with Crippen LogP contribution in [-0.2, 0) is 19.8 Å². The lowest BCUT2D eigenvalue weighted by molar-refractivity contribution is -0.142. The number of ketones is 1. The molecule has 4 amide bonds. The summed E-state index contributed by atoms with van der Waals surface area (Å²) < 4.78 is 5.63. The van der Waals surface area contributed by atoms with Gasteiger partial charge in [-0.25, -0.2) is 0 Å². The SMILES string of the molecule is CC(C)C(NC(=O)[C@@H]1CCCN1C(=O)C(NC(=O)CCCCCNC(=O)c1ccccn1)C(C)C)C(=O)c1nnc(C(C)(C)C)o1. The van der Waals surface area contributed by atoms with E-state index >= 15 is 0 Å². The second kappa shape index (κ2) is 16.4. The van der Waals surface area contributed by atoms with Crippen molar-refractivity contribution in [3.8, 4) is 0 Å². The Bertz CT molecular complexity index is 1350. The van der Waals surface area contributed by atoms with E-state index < -0.39 is 35.2 Å². The minimum absolute atomic E-state index is 0.167. The number of hydrogen-bond donors (Lipinski definition) is 3. The monoisotopic (exact) mass is 639 g/mol. The third kappa shape index (κ3) is 9.92. The fraction of sp³-hybridized carbons (Fsp3) is 0.636. The number of pyridine rings is 1. The number of Topliss-reactive ketones (excluding diaryl/α,β-unsaturated/α-hetero) is 1. The number of amides is 4. The fourth-order valence-electron chi connectivity index (χ4n) is 5.16. The Morgan fingerprint density at radius 2 is 1.67 bits per heavy atom. The van der Waals surface area contributed by atoms with Crippen LogP contribution in [-0.4, -0.2) is 80.7 Å². The molecule has 1 fully saturated rings. The first kappa shape index (κ1) is 36.3. The summed E-state index contributed by atoms with van der Waals surface area (Å²) in [6, 6.07) is 2.66. The van der Waals surface area contributed by atoms with Gasteiger partial charge in [-0.15, -0.1) is 10.2 Å². The molecule has 3 rings (SSSR count). The van der Waals surface area contributed by atoms with Crippen molar-refractivity contribution < 1.29 is 28.4 Å². The first-order valence-corrected chi connectivity index (χ1v) is 16.2. The predicted octanol–water partition coefficient (Wildman–Crippen LogP) is 3.21. The summed E-state index contributed by atoms with van der Waals surface area (Å²) in [6.45, 7) is 13.8. The van der Waals surface area contributed by atoms with E-state index in [4.69, 9.17) is 4.42 Å². The van der Waals surface area contributed by atoms with Crippen molar-refractivity contribution in [1.29, 1.82) is 0 Å². The highest BCUT2D eigenvalue weighted by molar-refractivity contribution is 6.00. The van der Waals surface area contributed by atoms with Crippen molar-refractivity contribution in [2.75, 3.05) is 13.1 Å². The number of aromatic nitrogens is 3. The molecule has 0 saturated carbocycles. The molecule has 252 valence electrons. The normalized spacial score (nSPS) is 16.3. The Hall–Kier alpha value is -4.16. The average molecular weight is 640 g/mol. The largest absolute Gasteiger partial charge is 0.418 e. The number of rotatable bonds is 15. The van der Waals surface area contributed by atoms with Crippen LogP contribution in [0.15, 0.2) is 28.8 Å². The van der Waals surface area contributed by atoms with Gasteiger partial charge in [-0.1, -0.05) is 61.0 Å². The van der Waals surface area contributed by atoms with Gasteiger partial charge in [-0.2, -0.15) is 0 Å². The van der Waals surface area contributed by atoms with Gasteiger partial charge in [0.25, 0.3) is 11.8 Å². The van der Waals surface area contributed by atoms with E-state index in [9.17, 15) is 24.0 Å². The molecule has 13 heteroatoms. The zero-order valence-corrected chi connectivity index (χ0v) is 28.1. The number of nitrogens with one attached hydrogen (secondary N) is 3. The molecule has 1 aliphatic rings. The zero-order chi connectivity index (χ0) is 34.0. The van der Waals surface area contributed by atoms with Gasteiger partial charge in [0.05, 0.1) is 6.04 Å². The van der Waals surface area contributed by atoms with E-state index in [2.05, 4.69) is 31.1 Å². The summed E-state index contributed by atoms with van der Waals surface area (Å²) in [4.78, 5) is 70.9. The van der Waals surface area contributed by atoms with Crippen LogP contribution in [0.5, 0.6) is 0 Å². The molecular formula is C33H49N7O6. The first-order chi connectivity index (χ1) is 21.7. The minimum atomic E-state index is -0.915. The molecule has 3 heterocycles. The van der Waals surface area contributed by atoms with Gasteiger partial charge in [0.1, 0.15) is 17.8 Å². The molecule has 2 aromatic heterocycles. The number of carbonyl (C=O) groups is 5. The number of hydrogen-bond acceptors (Lipinski definition) is 9. The van der Waals surface area contributed by atoms with Crippen LogP contribution in [0.25, 0.3) is 0 Å². The number of carbonyl (C=O) groups excluding carboxylic acids is 5. The van der Waals surface area contributed by atoms with E-state index in [1.807, 2.05) is 48.5 Å². The van der Waals surface area contributed by atoms with Crippen LogP contribution < -0.4 is 16.0 Å². The smallest absolute Gasteiger partial charge is 0.286 e. The Morgan fingerprint density at radius 1 is 0.957 bits per heavy atom. The van der Waals surface area contributed by atoms with Crippen molar-refractivity contribution in [3.05, 3.63) is 41.9 Å². The molecule has 13 nitrogen and oxygen atoms in total. The van der Waals surface area contributed by atoms with Crippen molar-refractivity contribution >= 4 is 29.4 Å². The first-order valence-electron chi connectivity index (χ1n) is 16.2. The van der Waals surface area contributed by atoms with Gasteiger partial charge in [0.15, 0.2) is 0 Å². The third-order valence-corrected chi connectivity index (χ3v) is 7.88. The maximum Gasteiger partial charge on any atom is 0.286 e. The lowest BCUT2D eigenvalue weighted by atomic mass is 9.97. The molecule has 0 radical (unpaired) electrons. The summed E-state index contributed by atoms with van der Waals surface area (Å²) in [5.41, 5.74) is -0.0784. The maximum atomic E-state index is 13.7. The molecule has 0 bridgehead atoms. The molecule has 46 heavy (non-hydrogen) atoms. The van der Waals surface area contributed by atoms with E-state index in [0.29, 0.717) is 50.4 Å². The van der Waals surface area contributed by atoms with Gasteiger partial charge in [0, 0.05) is 31.1 Å². The molecule has 1 aliphatic heterocycles. The second-order valence-corrected chi connectivity index (χ2v) is 13.5. The number of nitrogens with zero attached hydrogens (tertiary/aromatic N) is 4. The van der Waals surface area contributed by atoms with Crippen molar-refractivity contribution in [2.45, 2.75) is 111 Å². The molecule has 0 aromatic carbocycles. The highest BCUT2D eigenvalue weighted by atomic mass is 16.4. The van der Waals surface area contributed by atoms with E-state index in [1.165, 1.54) is 4.90 Å². The topological polar surface area (TPSA) is 176 Å². The standard InChI is InChI=1S/C33H49N7O6/c1-20(2)25(27(42)30-38-39-32(46-30)33(5,6)7)37-29(44)23-15-13-19-40(23)31(45)26(21(3)4)36-24(41)16-9-8-11-18-35-28(43)22-14-10-12-17-34-22/h10,12,14,17,20-21,23,25-26H,8-9,11,13,15-16,18-19H2,1-7H3,(H,35,43)(H,36,41)(H,37,44)/t23-,25?,26?/m0/s1. The predicted molar refractivity (Wildman–Crippen MR) is 171 cm³/mol. The highest BCUT2D eigenvalue weighted by Crippen LogP contribution is 2.23. The molecule has 0 aliphatic carbocycles. The molecule has 2 aromatic rings. The van der Waals surface area contributed by atoms with Gasteiger partial charge < -0.3 is 25.3 Å². The molecule has 3 atom stereocenters. The zero-order valence-electron chi connectivity index (χ0n) is 28.1. The van der Waals surface area contributed by atoms with Crippen molar-refractivity contribution in [2.24, 2.45) is 11.8 Å². The Kier molecular flexibility index (Phi) is 13.0. The molecule has 1 saturated heterocycles. The van der Waals surface area contributed by atoms with Crippen LogP contribution in [0.3, 0.4) is 0 Å². The second-order valence-electron chi connectivity index (χ2n) is 13.5. The van der Waals surface area contributed by atoms with E-state index in [1.54, 1.807) is 24.4 Å². The lowest BCUT2D eigenvalue weighted by Crippen LogP contribution is -2.57. The number of unbranched alkanes of at least 4 members (excludes halogenated alkanes) is 2. The molecule has 0 spiro atoms. The van der Waals surface area contributed by atoms with Gasteiger partial charge >= 0.3 is 0 Å². The average Bonchev–Trinajstić information content (AvgIpc) is 3.71. The Balaban J connectivity index is 1.52. The van der Waals surface area contributed by atoms with Crippen molar-refractivity contribution in [3.63, 3.8) is 0 Å². The van der Waals surface area contributed by atoms with Crippen molar-refractivity contribution in [1.82, 2.24) is 36.0 Å². The van der Waals surface area contributed by atoms with Crippen LogP contribution >= 0.6 is 0 Å². The highest BCUT2D eigenvalue weighted by Gasteiger charge is 2.40. The Labute approximate surface area is 271 Å². The molecule has 3 N–H and O–H groups in total. The summed E-state index contributed by atoms with van der Waals surface area (Å²) in [5.74, 6) is -2.04. The van der Waals surface area contributed by atoms with Gasteiger partial charge in [-0.05, 0) is 49.7 Å². The van der Waals surface area contributed by atoms with Gasteiger partial charge in [-0.3, -0.25) is 29.0 Å². The lowest BCUT2D eigenvalue weighted by Gasteiger charge is -2.31. The van der Waals surface area contributed by atoms with E-state index in [-0.39, 0.29) is 41.9 Å². The Morgan fingerprint density at radius 3 is 2.28 bits per heavy atom. The fourth-order valence-corrected chi connectivity index (χ4v) is 5.16. The third-order valence-electron chi connectivity index (χ3n) is 7.88. The van der Waals surface area contributed by atoms with Crippen LogP contribution in [0.1, 0.15) is 114 Å². The van der Waals surface area contributed by atoms with Gasteiger partial charge in [0.2, 0.25) is 29.4 Å². The number of likely N-dealkylation sites (tertiary alicyclic amines) is 1. The molecule has 2 unspecified atom stereocenters. The summed E-state index contributed by atoms with van der Waals surface area (Å²) in [6.07, 6.45) is 4.89. The van der Waals surface area contributed by atoms with E-state index in [0.717, 1.165) is 6.42 Å². The van der Waals surface area contributed by atoms with Crippen LogP contribution in [0.4, 0.5) is 0 Å². The van der Waals surface area contributed by atoms with Crippen LogP contribution in [0, 0.1) is 11.8 Å². The quantitative estimate of drug-likeness (QED) is 0.195.